The van der Waals surface area contributed by atoms with Gasteiger partial charge >= 0.3 is 6.18 Å². The van der Waals surface area contributed by atoms with Gasteiger partial charge in [-0.3, -0.25) is 4.98 Å². The third-order valence-corrected chi connectivity index (χ3v) is 4.39. The molecule has 29 heavy (non-hydrogen) atoms. The highest BCUT2D eigenvalue weighted by atomic mass is 32.1. The van der Waals surface area contributed by atoms with Crippen LogP contribution in [-0.4, -0.2) is 39.2 Å². The van der Waals surface area contributed by atoms with Crippen LogP contribution < -0.4 is 10.6 Å². The van der Waals surface area contributed by atoms with Crippen LogP contribution in [0.3, 0.4) is 0 Å². The summed E-state index contributed by atoms with van der Waals surface area (Å²) in [5.74, 6) is 1.30. The van der Waals surface area contributed by atoms with Crippen molar-refractivity contribution in [3.63, 3.8) is 0 Å². The van der Waals surface area contributed by atoms with Crippen LogP contribution in [0.2, 0.25) is 0 Å². The Morgan fingerprint density at radius 2 is 2.10 bits per heavy atom. The minimum Gasteiger partial charge on any atom is -0.357 e. The lowest BCUT2D eigenvalue weighted by atomic mass is 10.3. The maximum Gasteiger partial charge on any atom is 0.434 e. The first-order valence-electron chi connectivity index (χ1n) is 8.73. The molecule has 0 amide bonds. The molecule has 3 heterocycles. The Hall–Kier alpha value is -3.02. The topological polar surface area (TPSA) is 101 Å². The molecule has 0 saturated heterocycles. The summed E-state index contributed by atoms with van der Waals surface area (Å²) in [6.45, 7) is 2.99. The van der Waals surface area contributed by atoms with E-state index in [0.29, 0.717) is 42.9 Å². The van der Waals surface area contributed by atoms with Gasteiger partial charge in [0.05, 0.1) is 6.54 Å². The monoisotopic (exact) mass is 425 g/mol. The van der Waals surface area contributed by atoms with E-state index in [2.05, 4.69) is 35.7 Å². The summed E-state index contributed by atoms with van der Waals surface area (Å²) in [6, 6.07) is 5.39. The molecular formula is C17H18F3N7OS. The van der Waals surface area contributed by atoms with Crippen molar-refractivity contribution >= 4 is 17.3 Å². The number of hydrogen-bond acceptors (Lipinski definition) is 7. The fourth-order valence-corrected chi connectivity index (χ4v) is 2.97. The van der Waals surface area contributed by atoms with Crippen molar-refractivity contribution < 1.29 is 17.7 Å². The van der Waals surface area contributed by atoms with Crippen molar-refractivity contribution in [3.8, 4) is 11.6 Å². The van der Waals surface area contributed by atoms with Crippen molar-refractivity contribution in [2.45, 2.75) is 26.1 Å². The zero-order valence-corrected chi connectivity index (χ0v) is 16.2. The van der Waals surface area contributed by atoms with Gasteiger partial charge < -0.3 is 15.2 Å². The molecule has 8 nitrogen and oxygen atoms in total. The van der Waals surface area contributed by atoms with Crippen LogP contribution in [0.15, 0.2) is 39.3 Å². The summed E-state index contributed by atoms with van der Waals surface area (Å²) in [4.78, 5) is 16.3. The van der Waals surface area contributed by atoms with Gasteiger partial charge in [0.1, 0.15) is 10.7 Å². The van der Waals surface area contributed by atoms with Gasteiger partial charge in [-0.25, -0.2) is 9.98 Å². The maximum absolute atomic E-state index is 12.6. The van der Waals surface area contributed by atoms with Gasteiger partial charge in [-0.1, -0.05) is 11.2 Å². The van der Waals surface area contributed by atoms with Crippen LogP contribution in [0.25, 0.3) is 11.6 Å². The van der Waals surface area contributed by atoms with Gasteiger partial charge in [-0.15, -0.1) is 11.3 Å². The molecule has 0 unspecified atom stereocenters. The maximum atomic E-state index is 12.6. The van der Waals surface area contributed by atoms with Crippen LogP contribution in [-0.2, 0) is 19.1 Å². The first-order valence-corrected chi connectivity index (χ1v) is 9.61. The second kappa shape index (κ2) is 9.45. The molecule has 0 saturated carbocycles. The Balaban J connectivity index is 1.53. The fraction of sp³-hybridized carbons (Fsp3) is 0.353. The molecule has 0 radical (unpaired) electrons. The molecule has 154 valence electrons. The average Bonchev–Trinajstić information content (AvgIpc) is 3.36. The predicted molar refractivity (Wildman–Crippen MR) is 101 cm³/mol. The Morgan fingerprint density at radius 3 is 2.79 bits per heavy atom. The molecule has 0 aromatic carbocycles. The van der Waals surface area contributed by atoms with E-state index >= 15 is 0 Å². The number of nitrogens with zero attached hydrogens (tertiary/aromatic N) is 5. The molecule has 3 aromatic rings. The lowest BCUT2D eigenvalue weighted by Gasteiger charge is -2.09. The van der Waals surface area contributed by atoms with Gasteiger partial charge in [0.15, 0.2) is 17.5 Å². The van der Waals surface area contributed by atoms with E-state index in [1.54, 1.807) is 18.3 Å². The number of halogens is 3. The Bertz CT molecular complexity index is 940. The summed E-state index contributed by atoms with van der Waals surface area (Å²) in [5, 5.41) is 11.3. The molecule has 0 aliphatic rings. The number of alkyl halides is 3. The number of aliphatic imine (C=N–C) groups is 1. The Kier molecular flexibility index (Phi) is 6.75. The molecule has 0 atom stereocenters. The average molecular weight is 425 g/mol. The number of aromatic nitrogens is 4. The largest absolute Gasteiger partial charge is 0.434 e. The van der Waals surface area contributed by atoms with Gasteiger partial charge in [-0.05, 0) is 19.1 Å². The van der Waals surface area contributed by atoms with Gasteiger partial charge in [0.2, 0.25) is 0 Å². The normalized spacial score (nSPS) is 12.2. The lowest BCUT2D eigenvalue weighted by molar-refractivity contribution is -0.140. The molecule has 0 bridgehead atoms. The molecule has 0 spiro atoms. The predicted octanol–water partition coefficient (Wildman–Crippen LogP) is 2.90. The van der Waals surface area contributed by atoms with Crippen LogP contribution in [0.1, 0.15) is 23.4 Å². The van der Waals surface area contributed by atoms with Crippen LogP contribution in [0, 0.1) is 0 Å². The second-order valence-corrected chi connectivity index (χ2v) is 6.67. The Labute approximate surface area is 168 Å². The summed E-state index contributed by atoms with van der Waals surface area (Å²) < 4.78 is 43.1. The van der Waals surface area contributed by atoms with E-state index in [9.17, 15) is 13.2 Å². The number of thiazole rings is 1. The van der Waals surface area contributed by atoms with Crippen LogP contribution >= 0.6 is 11.3 Å². The smallest absolute Gasteiger partial charge is 0.357 e. The fourth-order valence-electron chi connectivity index (χ4n) is 2.24. The highest BCUT2D eigenvalue weighted by Gasteiger charge is 2.33. The highest BCUT2D eigenvalue weighted by Crippen LogP contribution is 2.30. The third-order valence-electron chi connectivity index (χ3n) is 3.55. The van der Waals surface area contributed by atoms with E-state index < -0.39 is 11.9 Å². The van der Waals surface area contributed by atoms with Crippen LogP contribution in [0.5, 0.6) is 0 Å². The summed E-state index contributed by atoms with van der Waals surface area (Å²) in [5.41, 5.74) is -0.303. The molecule has 3 rings (SSSR count). The zero-order valence-electron chi connectivity index (χ0n) is 15.4. The standard InChI is InChI=1S/C17H18F3N7OS/c1-2-21-16(24-9-14-25-12(10-29-14)17(18,19)20)23-8-6-13-26-15(28-27-13)11-5-3-4-7-22-11/h3-5,7,10H,2,6,8-9H2,1H3,(H2,21,23,24). The lowest BCUT2D eigenvalue weighted by Crippen LogP contribution is -2.38. The summed E-state index contributed by atoms with van der Waals surface area (Å²) >= 11 is 0.926. The number of guanidine groups is 1. The number of nitrogens with one attached hydrogen (secondary N) is 2. The Morgan fingerprint density at radius 1 is 1.24 bits per heavy atom. The highest BCUT2D eigenvalue weighted by molar-refractivity contribution is 7.09. The van der Waals surface area contributed by atoms with Crippen molar-refractivity contribution in [2.24, 2.45) is 4.99 Å². The molecule has 0 aliphatic heterocycles. The first kappa shape index (κ1) is 20.7. The molecule has 0 fully saturated rings. The van der Waals surface area contributed by atoms with Crippen molar-refractivity contribution in [1.29, 1.82) is 0 Å². The zero-order chi connectivity index (χ0) is 20.7. The van der Waals surface area contributed by atoms with E-state index in [0.717, 1.165) is 16.7 Å². The van der Waals surface area contributed by atoms with Gasteiger partial charge in [0.25, 0.3) is 5.89 Å². The minimum atomic E-state index is -4.44. The van der Waals surface area contributed by atoms with Crippen molar-refractivity contribution in [2.75, 3.05) is 13.1 Å². The van der Waals surface area contributed by atoms with Crippen molar-refractivity contribution in [3.05, 3.63) is 46.3 Å². The summed E-state index contributed by atoms with van der Waals surface area (Å²) in [7, 11) is 0. The van der Waals surface area contributed by atoms with E-state index in [1.807, 2.05) is 13.0 Å². The van der Waals surface area contributed by atoms with Gasteiger partial charge in [-0.2, -0.15) is 18.2 Å². The van der Waals surface area contributed by atoms with E-state index in [-0.39, 0.29) is 11.6 Å². The van der Waals surface area contributed by atoms with E-state index in [1.165, 1.54) is 0 Å². The van der Waals surface area contributed by atoms with Crippen LogP contribution in [0.4, 0.5) is 13.2 Å². The molecule has 3 aromatic heterocycles. The molecule has 12 heteroatoms. The number of hydrogen-bond donors (Lipinski definition) is 2. The minimum absolute atomic E-state index is 0.0438. The summed E-state index contributed by atoms with van der Waals surface area (Å²) in [6.07, 6.45) is -2.34. The van der Waals surface area contributed by atoms with Gasteiger partial charge in [0, 0.05) is 31.1 Å². The first-order chi connectivity index (χ1) is 14.0. The third kappa shape index (κ3) is 5.98. The quantitative estimate of drug-likeness (QED) is 0.443. The van der Waals surface area contributed by atoms with Crippen molar-refractivity contribution in [1.82, 2.24) is 30.7 Å². The number of rotatable bonds is 7. The second-order valence-electron chi connectivity index (χ2n) is 5.73. The van der Waals surface area contributed by atoms with E-state index in [4.69, 9.17) is 4.52 Å². The number of pyridine rings is 1. The molecular weight excluding hydrogens is 407 g/mol. The molecule has 0 aliphatic carbocycles. The molecule has 2 N–H and O–H groups in total. The SMILES string of the molecule is CCNC(=NCc1nc(C(F)(F)F)cs1)NCCc1noc(-c2ccccn2)n1.